The summed E-state index contributed by atoms with van der Waals surface area (Å²) in [6.07, 6.45) is 0. The van der Waals surface area contributed by atoms with Crippen molar-refractivity contribution in [2.75, 3.05) is 6.67 Å². The zero-order chi connectivity index (χ0) is 24.2. The fourth-order valence-electron chi connectivity index (χ4n) is 3.51. The molecule has 0 bridgehead atoms. The largest absolute Gasteiger partial charge is 0.741 e. The molecule has 0 N–H and O–H groups in total. The lowest BCUT2D eigenvalue weighted by Gasteiger charge is -2.11. The van der Waals surface area contributed by atoms with Gasteiger partial charge >= 0.3 is 5.51 Å². The van der Waals surface area contributed by atoms with Crippen molar-refractivity contribution in [1.29, 1.82) is 0 Å². The molecule has 0 saturated carbocycles. The number of aryl methyl sites for hydroxylation is 1. The van der Waals surface area contributed by atoms with E-state index in [1.165, 1.54) is 5.39 Å². The third kappa shape index (κ3) is 5.43. The number of aromatic nitrogens is 1. The Morgan fingerprint density at radius 1 is 0.848 bits per heavy atom. The first-order valence-corrected chi connectivity index (χ1v) is 11.6. The van der Waals surface area contributed by atoms with Gasteiger partial charge in [0, 0.05) is 22.9 Å². The summed E-state index contributed by atoms with van der Waals surface area (Å²) in [6, 6.07) is 24.7. The number of rotatable bonds is 4. The van der Waals surface area contributed by atoms with E-state index >= 15 is 0 Å². The summed E-state index contributed by atoms with van der Waals surface area (Å²) in [4.78, 5) is 0. The quantitative estimate of drug-likeness (QED) is 0.0902. The van der Waals surface area contributed by atoms with Crippen LogP contribution in [0.4, 0.5) is 17.6 Å². The van der Waals surface area contributed by atoms with E-state index in [0.717, 1.165) is 33.1 Å². The standard InChI is InChI=1S/C22H18ClFN.CHF3O3S/c23-15-16-9-11-17(12-10-16)22-20-7-2-1-5-18(20)19-6-3-4-8-21(19)25(22)14-13-24;2-1(3,4)8(5,6)7/h1-12H,13-15H2;(H,5,6,7)/q+1;/p-1. The van der Waals surface area contributed by atoms with Crippen LogP contribution in [0.25, 0.3) is 32.9 Å². The van der Waals surface area contributed by atoms with Crippen LogP contribution >= 0.6 is 11.6 Å². The third-order valence-electron chi connectivity index (χ3n) is 4.91. The molecule has 3 aromatic carbocycles. The molecule has 0 unspecified atom stereocenters. The Morgan fingerprint density at radius 2 is 1.36 bits per heavy atom. The molecular weight excluding hydrogens is 482 g/mol. The maximum Gasteiger partial charge on any atom is 0.485 e. The van der Waals surface area contributed by atoms with Crippen molar-refractivity contribution < 1.29 is 35.1 Å². The van der Waals surface area contributed by atoms with Crippen LogP contribution < -0.4 is 4.57 Å². The predicted octanol–water partition coefficient (Wildman–Crippen LogP) is 5.71. The van der Waals surface area contributed by atoms with Crippen molar-refractivity contribution in [3.63, 3.8) is 0 Å². The van der Waals surface area contributed by atoms with Gasteiger partial charge in [-0.25, -0.2) is 12.8 Å². The number of halogens is 5. The van der Waals surface area contributed by atoms with Gasteiger partial charge in [-0.1, -0.05) is 42.5 Å². The first kappa shape index (κ1) is 24.9. The van der Waals surface area contributed by atoms with Gasteiger partial charge in [0.15, 0.2) is 16.7 Å². The Bertz CT molecular complexity index is 1370. The minimum atomic E-state index is -6.09. The summed E-state index contributed by atoms with van der Waals surface area (Å²) in [5, 5.41) is 3.46. The Hall–Kier alpha value is -2.75. The van der Waals surface area contributed by atoms with Crippen molar-refractivity contribution in [2.45, 2.75) is 17.9 Å². The average molecular weight is 500 g/mol. The van der Waals surface area contributed by atoms with Gasteiger partial charge in [0.25, 0.3) is 0 Å². The maximum absolute atomic E-state index is 13.4. The van der Waals surface area contributed by atoms with Crippen LogP contribution in [0.2, 0.25) is 0 Å². The second-order valence-electron chi connectivity index (χ2n) is 6.98. The molecule has 0 saturated heterocycles. The van der Waals surface area contributed by atoms with Gasteiger partial charge in [-0.2, -0.15) is 17.7 Å². The molecule has 0 aliphatic heterocycles. The predicted molar refractivity (Wildman–Crippen MR) is 118 cm³/mol. The number of alkyl halides is 5. The van der Waals surface area contributed by atoms with E-state index in [9.17, 15) is 17.6 Å². The van der Waals surface area contributed by atoms with Crippen LogP contribution in [0.1, 0.15) is 5.56 Å². The smallest absolute Gasteiger partial charge is 0.485 e. The molecule has 4 aromatic rings. The Labute approximate surface area is 192 Å². The Morgan fingerprint density at radius 3 is 1.88 bits per heavy atom. The highest BCUT2D eigenvalue weighted by Crippen LogP contribution is 2.31. The van der Waals surface area contributed by atoms with E-state index in [4.69, 9.17) is 24.6 Å². The molecule has 4 rings (SSSR count). The highest BCUT2D eigenvalue weighted by molar-refractivity contribution is 7.86. The molecule has 0 amide bonds. The lowest BCUT2D eigenvalue weighted by molar-refractivity contribution is -0.659. The van der Waals surface area contributed by atoms with Crippen molar-refractivity contribution in [3.05, 3.63) is 78.4 Å². The minimum absolute atomic E-state index is 0.331. The third-order valence-corrected chi connectivity index (χ3v) is 5.79. The topological polar surface area (TPSA) is 61.1 Å². The minimum Gasteiger partial charge on any atom is -0.741 e. The summed E-state index contributed by atoms with van der Waals surface area (Å²) in [5.74, 6) is 0.489. The van der Waals surface area contributed by atoms with Gasteiger partial charge in [0.2, 0.25) is 11.2 Å². The second kappa shape index (κ2) is 10.0. The van der Waals surface area contributed by atoms with E-state index in [-0.39, 0.29) is 0 Å². The number of para-hydroxylation sites is 1. The lowest BCUT2D eigenvalue weighted by Crippen LogP contribution is -2.38. The van der Waals surface area contributed by atoms with Gasteiger partial charge < -0.3 is 4.55 Å². The number of benzene rings is 3. The number of hydrogen-bond acceptors (Lipinski definition) is 3. The summed E-state index contributed by atoms with van der Waals surface area (Å²) in [7, 11) is -6.09. The lowest BCUT2D eigenvalue weighted by atomic mass is 9.98. The molecule has 0 radical (unpaired) electrons. The van der Waals surface area contributed by atoms with Gasteiger partial charge in [-0.05, 0) is 29.8 Å². The molecule has 0 aliphatic carbocycles. The summed E-state index contributed by atoms with van der Waals surface area (Å²) < 4.78 is 74.4. The van der Waals surface area contributed by atoms with Crippen molar-refractivity contribution in [2.24, 2.45) is 0 Å². The Kier molecular flexibility index (Phi) is 7.56. The highest BCUT2D eigenvalue weighted by atomic mass is 35.5. The first-order valence-electron chi connectivity index (χ1n) is 9.65. The monoisotopic (exact) mass is 499 g/mol. The molecule has 0 fully saturated rings. The normalized spacial score (nSPS) is 11.9. The number of pyridine rings is 1. The molecule has 1 aromatic heterocycles. The summed E-state index contributed by atoms with van der Waals surface area (Å²) >= 11 is 5.92. The van der Waals surface area contributed by atoms with Crippen molar-refractivity contribution in [3.8, 4) is 11.3 Å². The van der Waals surface area contributed by atoms with Crippen LogP contribution in [-0.4, -0.2) is 25.2 Å². The number of nitrogens with zero attached hydrogens (tertiary/aromatic N) is 1. The molecule has 0 atom stereocenters. The van der Waals surface area contributed by atoms with Crippen molar-refractivity contribution in [1.82, 2.24) is 0 Å². The van der Waals surface area contributed by atoms with E-state index in [1.807, 2.05) is 30.3 Å². The van der Waals surface area contributed by atoms with Crippen LogP contribution in [0, 0.1) is 0 Å². The van der Waals surface area contributed by atoms with E-state index < -0.39 is 22.3 Å². The summed E-state index contributed by atoms with van der Waals surface area (Å²) in [6.45, 7) is -0.0717. The SMILES string of the molecule is FCC[n+]1c(-c2ccc(CCl)cc2)c2ccccc2c2ccccc21.O=S(=O)([O-])C(F)(F)F. The molecule has 10 heteroatoms. The molecule has 33 heavy (non-hydrogen) atoms. The summed E-state index contributed by atoms with van der Waals surface area (Å²) in [5.41, 5.74) is -1.40. The van der Waals surface area contributed by atoms with Crippen molar-refractivity contribution >= 4 is 43.4 Å². The molecular formula is C23H18ClF4NO3S. The maximum atomic E-state index is 13.4. The van der Waals surface area contributed by atoms with Gasteiger partial charge in [-0.15, -0.1) is 11.6 Å². The average Bonchev–Trinajstić information content (AvgIpc) is 2.79. The molecule has 174 valence electrons. The molecule has 4 nitrogen and oxygen atoms in total. The van der Waals surface area contributed by atoms with Crippen LogP contribution in [0.3, 0.4) is 0 Å². The number of hydrogen-bond donors (Lipinski definition) is 0. The van der Waals surface area contributed by atoms with Gasteiger partial charge in [0.1, 0.15) is 6.67 Å². The zero-order valence-corrected chi connectivity index (χ0v) is 18.6. The van der Waals surface area contributed by atoms with Crippen LogP contribution in [0.15, 0.2) is 72.8 Å². The zero-order valence-electron chi connectivity index (χ0n) is 17.0. The molecule has 0 spiro atoms. The first-order chi connectivity index (χ1) is 15.6. The van der Waals surface area contributed by atoms with E-state index in [1.54, 1.807) is 0 Å². The van der Waals surface area contributed by atoms with Gasteiger partial charge in [-0.3, -0.25) is 0 Å². The molecule has 1 heterocycles. The number of fused-ring (bicyclic) bond motifs is 3. The highest BCUT2D eigenvalue weighted by Gasteiger charge is 2.36. The fourth-order valence-corrected chi connectivity index (χ4v) is 3.69. The van der Waals surface area contributed by atoms with Crippen LogP contribution in [-0.2, 0) is 22.5 Å². The molecule has 0 aliphatic rings. The Balaban J connectivity index is 0.000000331. The van der Waals surface area contributed by atoms with Crippen LogP contribution in [0.5, 0.6) is 0 Å². The van der Waals surface area contributed by atoms with E-state index in [0.29, 0.717) is 12.4 Å². The fraction of sp³-hybridized carbons (Fsp3) is 0.174. The van der Waals surface area contributed by atoms with E-state index in [2.05, 4.69) is 47.0 Å². The van der Waals surface area contributed by atoms with Gasteiger partial charge in [0.05, 0.1) is 10.8 Å². The second-order valence-corrected chi connectivity index (χ2v) is 8.62.